The van der Waals surface area contributed by atoms with Crippen molar-refractivity contribution >= 4 is 40.9 Å². The number of carbonyl (C=O) groups excluding carboxylic acids is 3. The van der Waals surface area contributed by atoms with E-state index in [0.29, 0.717) is 22.6 Å². The van der Waals surface area contributed by atoms with E-state index in [9.17, 15) is 19.2 Å². The van der Waals surface area contributed by atoms with Gasteiger partial charge in [-0.3, -0.25) is 9.59 Å². The molecular weight excluding hydrogens is 473 g/mol. The maximum Gasteiger partial charge on any atom is 0.337 e. The monoisotopic (exact) mass is 491 g/mol. The van der Waals surface area contributed by atoms with E-state index < -0.39 is 17.5 Å². The van der Waals surface area contributed by atoms with Crippen LogP contribution < -0.4 is 5.56 Å². The van der Waals surface area contributed by atoms with Crippen molar-refractivity contribution in [2.45, 2.75) is 20.4 Å². The second kappa shape index (κ2) is 9.60. The first kappa shape index (κ1) is 24.2. The van der Waals surface area contributed by atoms with Crippen molar-refractivity contribution in [2.75, 3.05) is 14.2 Å². The maximum atomic E-state index is 13.0. The fourth-order valence-corrected chi connectivity index (χ4v) is 3.70. The normalized spacial score (nSPS) is 10.7. The number of methoxy groups -OCH3 is 2. The molecule has 0 aliphatic rings. The summed E-state index contributed by atoms with van der Waals surface area (Å²) in [4.78, 5) is 49.5. The van der Waals surface area contributed by atoms with Gasteiger partial charge < -0.3 is 14.0 Å². The molecule has 0 saturated carbocycles. The summed E-state index contributed by atoms with van der Waals surface area (Å²) in [7, 11) is 2.46. The molecule has 0 aliphatic heterocycles. The van der Waals surface area contributed by atoms with E-state index in [-0.39, 0.29) is 33.5 Å². The summed E-state index contributed by atoms with van der Waals surface area (Å²) in [6.45, 7) is 3.11. The lowest BCUT2D eigenvalue weighted by molar-refractivity contribution is 0.0598. The molecule has 0 spiro atoms. The highest BCUT2D eigenvalue weighted by molar-refractivity contribution is 6.41. The van der Waals surface area contributed by atoms with E-state index in [2.05, 4.69) is 5.10 Å². The van der Waals surface area contributed by atoms with Crippen LogP contribution in [0.25, 0.3) is 5.69 Å². The van der Waals surface area contributed by atoms with Crippen LogP contribution >= 0.6 is 23.2 Å². The molecule has 0 bridgehead atoms. The van der Waals surface area contributed by atoms with Gasteiger partial charge in [0.05, 0.1) is 36.6 Å². The maximum absolute atomic E-state index is 13.0. The molecule has 33 heavy (non-hydrogen) atoms. The Morgan fingerprint density at radius 3 is 2.09 bits per heavy atom. The number of hydrogen-bond donors (Lipinski definition) is 0. The van der Waals surface area contributed by atoms with Crippen LogP contribution in [-0.4, -0.2) is 46.3 Å². The van der Waals surface area contributed by atoms with Gasteiger partial charge in [0.1, 0.15) is 11.6 Å². The van der Waals surface area contributed by atoms with Crippen molar-refractivity contribution in [1.29, 1.82) is 0 Å². The summed E-state index contributed by atoms with van der Waals surface area (Å²) in [6.07, 6.45) is 1.19. The van der Waals surface area contributed by atoms with Crippen LogP contribution in [0, 0.1) is 13.8 Å². The third-order valence-electron chi connectivity index (χ3n) is 4.99. The summed E-state index contributed by atoms with van der Waals surface area (Å²) >= 11 is 11.6. The van der Waals surface area contributed by atoms with E-state index in [1.54, 1.807) is 24.5 Å². The molecule has 0 N–H and O–H groups in total. The molecule has 3 aromatic rings. The summed E-state index contributed by atoms with van der Waals surface area (Å²) in [5.41, 5.74) is 1.57. The third kappa shape index (κ3) is 4.69. The summed E-state index contributed by atoms with van der Waals surface area (Å²) in [5.74, 6) is -1.66. The largest absolute Gasteiger partial charge is 0.465 e. The number of carbonyl (C=O) groups is 3. The van der Waals surface area contributed by atoms with E-state index in [1.807, 2.05) is 0 Å². The quantitative estimate of drug-likeness (QED) is 0.383. The minimum Gasteiger partial charge on any atom is -0.465 e. The number of rotatable bonds is 6. The molecule has 2 aromatic heterocycles. The highest BCUT2D eigenvalue weighted by atomic mass is 35.5. The molecule has 0 radical (unpaired) electrons. The van der Waals surface area contributed by atoms with Crippen LogP contribution in [0.5, 0.6) is 0 Å². The van der Waals surface area contributed by atoms with Crippen molar-refractivity contribution in [1.82, 2.24) is 14.3 Å². The lowest BCUT2D eigenvalue weighted by Crippen LogP contribution is -2.27. The Morgan fingerprint density at radius 2 is 1.55 bits per heavy atom. The molecule has 0 unspecified atom stereocenters. The van der Waals surface area contributed by atoms with Gasteiger partial charge in [-0.1, -0.05) is 23.2 Å². The third-order valence-corrected chi connectivity index (χ3v) is 5.73. The van der Waals surface area contributed by atoms with Gasteiger partial charge in [0.25, 0.3) is 5.56 Å². The summed E-state index contributed by atoms with van der Waals surface area (Å²) in [6, 6.07) is 6.09. The number of ether oxygens (including phenoxy) is 2. The minimum atomic E-state index is -0.681. The van der Waals surface area contributed by atoms with Gasteiger partial charge in [0.15, 0.2) is 5.78 Å². The molecule has 9 nitrogen and oxygen atoms in total. The molecule has 0 atom stereocenters. The molecule has 0 aliphatic carbocycles. The van der Waals surface area contributed by atoms with E-state index in [1.165, 1.54) is 38.6 Å². The van der Waals surface area contributed by atoms with Gasteiger partial charge in [0.2, 0.25) is 0 Å². The Balaban J connectivity index is 2.07. The average Bonchev–Trinajstić information content (AvgIpc) is 3.11. The number of nitrogens with zero attached hydrogens (tertiary/aromatic N) is 3. The van der Waals surface area contributed by atoms with Crippen LogP contribution in [0.15, 0.2) is 35.3 Å². The summed E-state index contributed by atoms with van der Waals surface area (Å²) < 4.78 is 12.2. The molecule has 0 saturated heterocycles. The Morgan fingerprint density at radius 1 is 0.970 bits per heavy atom. The topological polar surface area (TPSA) is 109 Å². The number of halogens is 2. The first-order valence-electron chi connectivity index (χ1n) is 9.54. The van der Waals surface area contributed by atoms with Gasteiger partial charge in [-0.25, -0.2) is 14.3 Å². The Labute approximate surface area is 198 Å². The number of aromatic nitrogens is 3. The van der Waals surface area contributed by atoms with Crippen molar-refractivity contribution < 1.29 is 23.9 Å². The average molecular weight is 492 g/mol. The van der Waals surface area contributed by atoms with Gasteiger partial charge in [-0.05, 0) is 38.1 Å². The van der Waals surface area contributed by atoms with Crippen LogP contribution in [0.1, 0.15) is 42.5 Å². The van der Waals surface area contributed by atoms with Crippen molar-refractivity contribution in [2.24, 2.45) is 0 Å². The SMILES string of the molecule is COC(=O)c1cc(C(=O)OC)cc(-n2c(C)cc(C(=O)Cn3ncc(Cl)c(Cl)c3=O)c2C)c1. The highest BCUT2D eigenvalue weighted by Crippen LogP contribution is 2.24. The Hall–Kier alpha value is -3.43. The molecule has 1 aromatic carbocycles. The fourth-order valence-electron chi connectivity index (χ4n) is 3.43. The van der Waals surface area contributed by atoms with Crippen molar-refractivity contribution in [3.63, 3.8) is 0 Å². The highest BCUT2D eigenvalue weighted by Gasteiger charge is 2.21. The van der Waals surface area contributed by atoms with Crippen LogP contribution in [-0.2, 0) is 16.0 Å². The fraction of sp³-hybridized carbons (Fsp3) is 0.227. The standard InChI is InChI=1S/C22H19Cl2N3O6/c1-11-5-16(18(28)10-26-20(29)19(24)17(23)9-25-26)12(2)27(11)15-7-13(21(30)32-3)6-14(8-15)22(31)33-4/h5-9H,10H2,1-4H3. The van der Waals surface area contributed by atoms with Gasteiger partial charge >= 0.3 is 11.9 Å². The Bertz CT molecular complexity index is 1310. The predicted molar refractivity (Wildman–Crippen MR) is 121 cm³/mol. The second-order valence-electron chi connectivity index (χ2n) is 7.06. The minimum absolute atomic E-state index is 0.00422. The lowest BCUT2D eigenvalue weighted by Gasteiger charge is -2.13. The van der Waals surface area contributed by atoms with E-state index >= 15 is 0 Å². The summed E-state index contributed by atoms with van der Waals surface area (Å²) in [5, 5.41) is 3.63. The number of aryl methyl sites for hydroxylation is 1. The number of benzene rings is 1. The smallest absolute Gasteiger partial charge is 0.337 e. The number of esters is 2. The van der Waals surface area contributed by atoms with Gasteiger partial charge in [0, 0.05) is 22.6 Å². The van der Waals surface area contributed by atoms with Crippen molar-refractivity contribution in [3.05, 3.63) is 78.9 Å². The zero-order valence-corrected chi connectivity index (χ0v) is 19.7. The van der Waals surface area contributed by atoms with Crippen molar-refractivity contribution in [3.8, 4) is 5.69 Å². The predicted octanol–water partition coefficient (Wildman–Crippen LogP) is 3.41. The number of ketones is 1. The molecule has 3 rings (SSSR count). The van der Waals surface area contributed by atoms with Crippen LogP contribution in [0.4, 0.5) is 0 Å². The molecular formula is C22H19Cl2N3O6. The first-order chi connectivity index (χ1) is 15.6. The van der Waals surface area contributed by atoms with E-state index in [4.69, 9.17) is 32.7 Å². The zero-order valence-electron chi connectivity index (χ0n) is 18.1. The van der Waals surface area contributed by atoms with Crippen LogP contribution in [0.3, 0.4) is 0 Å². The zero-order chi connectivity index (χ0) is 24.4. The molecule has 0 fully saturated rings. The lowest BCUT2D eigenvalue weighted by atomic mass is 10.1. The van der Waals surface area contributed by atoms with Gasteiger partial charge in [-0.15, -0.1) is 0 Å². The second-order valence-corrected chi connectivity index (χ2v) is 7.85. The van der Waals surface area contributed by atoms with Gasteiger partial charge in [-0.2, -0.15) is 5.10 Å². The molecule has 0 amide bonds. The molecule has 2 heterocycles. The molecule has 11 heteroatoms. The number of hydrogen-bond acceptors (Lipinski definition) is 7. The number of Topliss-reactive ketones (excluding diaryl/α,β-unsaturated/α-hetero) is 1. The van der Waals surface area contributed by atoms with E-state index in [0.717, 1.165) is 4.68 Å². The van der Waals surface area contributed by atoms with Crippen LogP contribution in [0.2, 0.25) is 10.0 Å². The first-order valence-corrected chi connectivity index (χ1v) is 10.3. The molecule has 172 valence electrons. The Kier molecular flexibility index (Phi) is 7.04.